The Bertz CT molecular complexity index is 1350. The summed E-state index contributed by atoms with van der Waals surface area (Å²) in [6, 6.07) is 6.52. The van der Waals surface area contributed by atoms with Crippen molar-refractivity contribution in [2.24, 2.45) is 17.3 Å². The Morgan fingerprint density at radius 1 is 0.911 bits per heavy atom. The number of anilines is 1. The number of amides is 3. The predicted octanol–water partition coefficient (Wildman–Crippen LogP) is 4.73. The highest BCUT2D eigenvalue weighted by Crippen LogP contribution is 2.59. The van der Waals surface area contributed by atoms with E-state index in [4.69, 9.17) is 9.47 Å². The monoisotopic (exact) mass is 621 g/mol. The quantitative estimate of drug-likeness (QED) is 0.300. The van der Waals surface area contributed by atoms with Crippen LogP contribution in [0.3, 0.4) is 0 Å². The van der Waals surface area contributed by atoms with Gasteiger partial charge in [0.15, 0.2) is 0 Å². The van der Waals surface area contributed by atoms with Gasteiger partial charge in [-0.25, -0.2) is 0 Å². The Hall–Kier alpha value is -3.17. The van der Waals surface area contributed by atoms with Crippen molar-refractivity contribution in [3.63, 3.8) is 0 Å². The van der Waals surface area contributed by atoms with E-state index in [0.717, 1.165) is 12.2 Å². The molecule has 0 saturated carbocycles. The number of benzene rings is 1. The maximum atomic E-state index is 14.8. The summed E-state index contributed by atoms with van der Waals surface area (Å²) in [6.45, 7) is 16.1. The lowest BCUT2D eigenvalue weighted by molar-refractivity contribution is -0.156. The van der Waals surface area contributed by atoms with Crippen LogP contribution in [-0.4, -0.2) is 88.3 Å². The molecule has 4 aliphatic rings. The zero-order valence-electron chi connectivity index (χ0n) is 28.0. The van der Waals surface area contributed by atoms with E-state index < -0.39 is 34.6 Å². The minimum absolute atomic E-state index is 0.00173. The fourth-order valence-corrected chi connectivity index (χ4v) is 8.45. The second kappa shape index (κ2) is 12.2. The molecule has 0 aromatic heterocycles. The summed E-state index contributed by atoms with van der Waals surface area (Å²) in [5.41, 5.74) is -2.16. The molecule has 1 spiro atoms. The van der Waals surface area contributed by atoms with Crippen LogP contribution in [0.1, 0.15) is 74.1 Å². The van der Waals surface area contributed by atoms with Crippen molar-refractivity contribution in [1.29, 1.82) is 0 Å². The molecule has 1 N–H and O–H groups in total. The zero-order valence-corrected chi connectivity index (χ0v) is 28.0. The molecule has 246 valence electrons. The largest absolute Gasteiger partial charge is 0.494 e. The van der Waals surface area contributed by atoms with Gasteiger partial charge < -0.3 is 29.3 Å². The Labute approximate surface area is 268 Å². The van der Waals surface area contributed by atoms with Crippen molar-refractivity contribution in [3.05, 3.63) is 48.6 Å². The van der Waals surface area contributed by atoms with E-state index >= 15 is 0 Å². The topological polar surface area (TPSA) is 99.6 Å². The van der Waals surface area contributed by atoms with Gasteiger partial charge in [-0.2, -0.15) is 0 Å². The molecule has 45 heavy (non-hydrogen) atoms. The first kappa shape index (κ1) is 33.2. The molecule has 5 atom stereocenters. The van der Waals surface area contributed by atoms with Crippen LogP contribution in [0.4, 0.5) is 5.69 Å². The van der Waals surface area contributed by atoms with E-state index in [1.165, 1.54) is 0 Å². The van der Waals surface area contributed by atoms with Gasteiger partial charge >= 0.3 is 0 Å². The van der Waals surface area contributed by atoms with Crippen LogP contribution in [-0.2, 0) is 19.1 Å². The van der Waals surface area contributed by atoms with Crippen molar-refractivity contribution < 1.29 is 29.0 Å². The van der Waals surface area contributed by atoms with E-state index in [-0.39, 0.29) is 29.7 Å². The molecule has 4 aliphatic heterocycles. The number of aliphatic hydroxyl groups excluding tert-OH is 1. The minimum Gasteiger partial charge on any atom is -0.494 e. The van der Waals surface area contributed by atoms with E-state index in [1.54, 1.807) is 9.80 Å². The van der Waals surface area contributed by atoms with Crippen LogP contribution in [0.15, 0.2) is 48.6 Å². The summed E-state index contributed by atoms with van der Waals surface area (Å²) in [4.78, 5) is 49.5. The number of hydrogen-bond acceptors (Lipinski definition) is 6. The third kappa shape index (κ3) is 5.71. The number of ether oxygens (including phenoxy) is 2. The first-order valence-corrected chi connectivity index (χ1v) is 16.6. The first-order chi connectivity index (χ1) is 21.2. The molecule has 0 bridgehead atoms. The maximum Gasteiger partial charge on any atom is 0.249 e. The van der Waals surface area contributed by atoms with Crippen LogP contribution < -0.4 is 9.64 Å². The molecule has 5 rings (SSSR count). The van der Waals surface area contributed by atoms with Gasteiger partial charge in [0.1, 0.15) is 17.4 Å². The fourth-order valence-electron chi connectivity index (χ4n) is 8.45. The minimum atomic E-state index is -1.30. The van der Waals surface area contributed by atoms with Gasteiger partial charge in [0, 0.05) is 37.5 Å². The Morgan fingerprint density at radius 3 is 2.22 bits per heavy atom. The van der Waals surface area contributed by atoms with Gasteiger partial charge in [-0.05, 0) is 76.1 Å². The SMILES string of the molecule is CCOc1ccc(N2CC=C[C@]3(CC)O[C@]45C=CCN(C(C)(C)CC(C)(C)C)C(=O)C4N(CCCCO)C(=O)[C@@H]5[C@@H]3C2=O)cc1. The first-order valence-electron chi connectivity index (χ1n) is 16.6. The molecule has 1 aromatic carbocycles. The zero-order chi connectivity index (χ0) is 32.8. The van der Waals surface area contributed by atoms with Crippen LogP contribution >= 0.6 is 0 Å². The van der Waals surface area contributed by atoms with Crippen molar-refractivity contribution in [1.82, 2.24) is 9.80 Å². The molecule has 0 radical (unpaired) electrons. The lowest BCUT2D eigenvalue weighted by Crippen LogP contribution is -2.60. The molecule has 9 heteroatoms. The molecule has 3 amide bonds. The third-order valence-corrected chi connectivity index (χ3v) is 9.90. The lowest BCUT2D eigenvalue weighted by atomic mass is 9.72. The average Bonchev–Trinajstić information content (AvgIpc) is 3.24. The fraction of sp³-hybridized carbons (Fsp3) is 0.639. The van der Waals surface area contributed by atoms with Gasteiger partial charge in [-0.15, -0.1) is 0 Å². The molecule has 4 heterocycles. The summed E-state index contributed by atoms with van der Waals surface area (Å²) in [6.07, 6.45) is 10.1. The highest BCUT2D eigenvalue weighted by atomic mass is 16.5. The summed E-state index contributed by atoms with van der Waals surface area (Å²) < 4.78 is 12.7. The highest BCUT2D eigenvalue weighted by Gasteiger charge is 2.75. The number of nitrogens with zero attached hydrogens (tertiary/aromatic N) is 3. The predicted molar refractivity (Wildman–Crippen MR) is 174 cm³/mol. The number of aliphatic hydroxyl groups is 1. The standard InChI is InChI=1S/C36H51N3O6/c1-8-35-18-12-21-37(25-14-16-26(17-15-25)44-9-2)30(41)27(35)28-31(42)38(20-10-11-23-40)29-32(43)39(22-13-19-36(28,29)45-35)34(6,7)24-33(3,4)5/h12-19,27-29,40H,8-11,20-24H2,1-7H3/t27-,28+,29?,35+,36+/m1/s1. The van der Waals surface area contributed by atoms with Crippen LogP contribution in [0.25, 0.3) is 0 Å². The highest BCUT2D eigenvalue weighted by molar-refractivity contribution is 6.04. The molecular formula is C36H51N3O6. The molecule has 2 saturated heterocycles. The molecule has 2 fully saturated rings. The van der Waals surface area contributed by atoms with E-state index in [9.17, 15) is 19.5 Å². The van der Waals surface area contributed by atoms with E-state index in [1.807, 2.05) is 67.3 Å². The van der Waals surface area contributed by atoms with Crippen LogP contribution in [0.2, 0.25) is 0 Å². The van der Waals surface area contributed by atoms with Crippen LogP contribution in [0.5, 0.6) is 5.75 Å². The Morgan fingerprint density at radius 2 is 1.60 bits per heavy atom. The van der Waals surface area contributed by atoms with Gasteiger partial charge in [-0.3, -0.25) is 14.4 Å². The number of carbonyl (C=O) groups is 3. The van der Waals surface area contributed by atoms with Crippen molar-refractivity contribution >= 4 is 23.4 Å². The van der Waals surface area contributed by atoms with Crippen molar-refractivity contribution in [3.8, 4) is 5.75 Å². The summed E-state index contributed by atoms with van der Waals surface area (Å²) in [5, 5.41) is 9.54. The second-order valence-electron chi connectivity index (χ2n) is 14.8. The molecular weight excluding hydrogens is 570 g/mol. The number of rotatable bonds is 10. The smallest absolute Gasteiger partial charge is 0.249 e. The number of unbranched alkanes of at least 4 members (excludes halogenated alkanes) is 1. The number of fused-ring (bicyclic) bond motifs is 2. The van der Waals surface area contributed by atoms with Crippen LogP contribution in [0, 0.1) is 17.3 Å². The van der Waals surface area contributed by atoms with Gasteiger partial charge in [0.05, 0.1) is 24.0 Å². The number of carbonyl (C=O) groups excluding carboxylic acids is 3. The summed E-state index contributed by atoms with van der Waals surface area (Å²) in [7, 11) is 0. The molecule has 0 aliphatic carbocycles. The summed E-state index contributed by atoms with van der Waals surface area (Å²) in [5.74, 6) is -1.55. The van der Waals surface area contributed by atoms with E-state index in [2.05, 4.69) is 34.6 Å². The normalized spacial score (nSPS) is 29.9. The third-order valence-electron chi connectivity index (χ3n) is 9.90. The number of hydrogen-bond donors (Lipinski definition) is 1. The Kier molecular flexibility index (Phi) is 9.01. The van der Waals surface area contributed by atoms with Gasteiger partial charge in [-0.1, -0.05) is 52.0 Å². The second-order valence-corrected chi connectivity index (χ2v) is 14.8. The molecule has 9 nitrogen and oxygen atoms in total. The van der Waals surface area contributed by atoms with Crippen molar-refractivity contribution in [2.45, 2.75) is 96.9 Å². The molecule has 1 unspecified atom stereocenters. The number of likely N-dealkylation sites (tertiary alicyclic amines) is 1. The van der Waals surface area contributed by atoms with Gasteiger partial charge in [0.2, 0.25) is 17.7 Å². The average molecular weight is 622 g/mol. The summed E-state index contributed by atoms with van der Waals surface area (Å²) >= 11 is 0. The van der Waals surface area contributed by atoms with E-state index in [0.29, 0.717) is 51.2 Å². The van der Waals surface area contributed by atoms with Crippen molar-refractivity contribution in [2.75, 3.05) is 37.7 Å². The Balaban J connectivity index is 1.60. The van der Waals surface area contributed by atoms with Gasteiger partial charge in [0.25, 0.3) is 0 Å². The lowest BCUT2D eigenvalue weighted by Gasteiger charge is -2.45. The molecule has 1 aromatic rings. The maximum absolute atomic E-state index is 14.8.